The fourth-order valence-electron chi connectivity index (χ4n) is 2.24. The third-order valence-electron chi connectivity index (χ3n) is 3.18. The van der Waals surface area contributed by atoms with Gasteiger partial charge in [0.05, 0.1) is 13.2 Å². The van der Waals surface area contributed by atoms with Crippen molar-refractivity contribution in [3.8, 4) is 0 Å². The van der Waals surface area contributed by atoms with Gasteiger partial charge in [-0.1, -0.05) is 13.3 Å². The molecule has 0 aliphatic carbocycles. The van der Waals surface area contributed by atoms with Crippen LogP contribution in [0.4, 0.5) is 5.82 Å². The minimum absolute atomic E-state index is 0.493. The normalized spacial score (nSPS) is 20.0. The summed E-state index contributed by atoms with van der Waals surface area (Å²) in [5.74, 6) is 2.26. The zero-order chi connectivity index (χ0) is 13.5. The van der Waals surface area contributed by atoms with Crippen LogP contribution in [0, 0.1) is 12.8 Å². The molecule has 1 aliphatic heterocycles. The zero-order valence-corrected chi connectivity index (χ0v) is 11.9. The van der Waals surface area contributed by atoms with Crippen molar-refractivity contribution < 1.29 is 4.74 Å². The molecule has 1 unspecified atom stereocenters. The molecule has 1 aromatic rings. The monoisotopic (exact) mass is 264 g/mol. The van der Waals surface area contributed by atoms with Crippen molar-refractivity contribution in [1.82, 2.24) is 15.3 Å². The van der Waals surface area contributed by atoms with Crippen LogP contribution in [0.3, 0.4) is 0 Å². The van der Waals surface area contributed by atoms with Crippen LogP contribution in [0.2, 0.25) is 0 Å². The van der Waals surface area contributed by atoms with E-state index in [0.29, 0.717) is 5.92 Å². The molecule has 0 spiro atoms. The van der Waals surface area contributed by atoms with Gasteiger partial charge in [0.15, 0.2) is 0 Å². The number of rotatable bonds is 5. The first-order chi connectivity index (χ1) is 9.28. The van der Waals surface area contributed by atoms with E-state index in [1.807, 2.05) is 6.92 Å². The van der Waals surface area contributed by atoms with Gasteiger partial charge >= 0.3 is 0 Å². The smallest absolute Gasteiger partial charge is 0.129 e. The second-order valence-corrected chi connectivity index (χ2v) is 5.07. The summed E-state index contributed by atoms with van der Waals surface area (Å²) in [5.41, 5.74) is 1.12. The molecule has 19 heavy (non-hydrogen) atoms. The summed E-state index contributed by atoms with van der Waals surface area (Å²) in [7, 11) is 0. The maximum Gasteiger partial charge on any atom is 0.129 e. The first kappa shape index (κ1) is 14.2. The van der Waals surface area contributed by atoms with E-state index in [9.17, 15) is 0 Å². The lowest BCUT2D eigenvalue weighted by molar-refractivity contribution is 0.127. The van der Waals surface area contributed by atoms with Gasteiger partial charge in [-0.15, -0.1) is 0 Å². The van der Waals surface area contributed by atoms with Crippen LogP contribution in [0.15, 0.2) is 6.07 Å². The standard InChI is InChI=1S/C14H24N4O/c1-3-4-13-7-14(18-11(2)17-13)16-9-12-8-15-5-6-19-10-12/h7,12,15H,3-6,8-10H2,1-2H3,(H,16,17,18). The van der Waals surface area contributed by atoms with Crippen LogP contribution in [0.25, 0.3) is 0 Å². The number of ether oxygens (including phenoxy) is 1. The lowest BCUT2D eigenvalue weighted by Crippen LogP contribution is -2.28. The fraction of sp³-hybridized carbons (Fsp3) is 0.714. The van der Waals surface area contributed by atoms with Crippen LogP contribution in [0.5, 0.6) is 0 Å². The summed E-state index contributed by atoms with van der Waals surface area (Å²) in [4.78, 5) is 8.89. The molecule has 1 atom stereocenters. The number of hydrogen-bond donors (Lipinski definition) is 2. The number of aromatic nitrogens is 2. The van der Waals surface area contributed by atoms with Gasteiger partial charge in [-0.3, -0.25) is 0 Å². The molecule has 106 valence electrons. The number of anilines is 1. The SMILES string of the molecule is CCCc1cc(NCC2CNCCOC2)nc(C)n1. The van der Waals surface area contributed by atoms with Crippen molar-refractivity contribution in [3.05, 3.63) is 17.6 Å². The van der Waals surface area contributed by atoms with Crippen molar-refractivity contribution in [1.29, 1.82) is 0 Å². The number of nitrogens with one attached hydrogen (secondary N) is 2. The average molecular weight is 264 g/mol. The fourth-order valence-corrected chi connectivity index (χ4v) is 2.24. The van der Waals surface area contributed by atoms with Gasteiger partial charge in [0.2, 0.25) is 0 Å². The lowest BCUT2D eigenvalue weighted by atomic mass is 10.1. The molecule has 1 aromatic heterocycles. The predicted octanol–water partition coefficient (Wildman–Crippen LogP) is 1.39. The summed E-state index contributed by atoms with van der Waals surface area (Å²) >= 11 is 0. The van der Waals surface area contributed by atoms with Crippen LogP contribution in [0.1, 0.15) is 24.9 Å². The Bertz CT molecular complexity index is 389. The first-order valence-corrected chi connectivity index (χ1v) is 7.15. The third kappa shape index (κ3) is 4.76. The summed E-state index contributed by atoms with van der Waals surface area (Å²) in [6, 6.07) is 2.06. The van der Waals surface area contributed by atoms with Gasteiger partial charge < -0.3 is 15.4 Å². The molecule has 2 rings (SSSR count). The van der Waals surface area contributed by atoms with E-state index >= 15 is 0 Å². The van der Waals surface area contributed by atoms with Crippen molar-refractivity contribution in [2.24, 2.45) is 5.92 Å². The molecule has 1 aliphatic rings. The quantitative estimate of drug-likeness (QED) is 0.841. The van der Waals surface area contributed by atoms with Crippen LogP contribution < -0.4 is 10.6 Å². The largest absolute Gasteiger partial charge is 0.380 e. The van der Waals surface area contributed by atoms with Crippen molar-refractivity contribution >= 4 is 5.82 Å². The molecule has 1 fully saturated rings. The van der Waals surface area contributed by atoms with E-state index in [1.165, 1.54) is 0 Å². The van der Waals surface area contributed by atoms with Gasteiger partial charge in [0.25, 0.3) is 0 Å². The summed E-state index contributed by atoms with van der Waals surface area (Å²) in [5, 5.41) is 6.79. The maximum absolute atomic E-state index is 5.55. The number of hydrogen-bond acceptors (Lipinski definition) is 5. The summed E-state index contributed by atoms with van der Waals surface area (Å²) in [6.45, 7) is 8.56. The molecule has 0 radical (unpaired) electrons. The average Bonchev–Trinajstić information content (AvgIpc) is 2.64. The van der Waals surface area contributed by atoms with E-state index in [4.69, 9.17) is 4.74 Å². The molecule has 0 bridgehead atoms. The lowest BCUT2D eigenvalue weighted by Gasteiger charge is -2.15. The van der Waals surface area contributed by atoms with Crippen LogP contribution >= 0.6 is 0 Å². The van der Waals surface area contributed by atoms with E-state index in [-0.39, 0.29) is 0 Å². The second-order valence-electron chi connectivity index (χ2n) is 5.07. The van der Waals surface area contributed by atoms with E-state index in [2.05, 4.69) is 33.6 Å². The van der Waals surface area contributed by atoms with Crippen LogP contribution in [-0.4, -0.2) is 42.8 Å². The molecule has 2 N–H and O–H groups in total. The highest BCUT2D eigenvalue weighted by molar-refractivity contribution is 5.36. The van der Waals surface area contributed by atoms with Gasteiger partial charge in [0, 0.05) is 37.3 Å². The Morgan fingerprint density at radius 1 is 1.47 bits per heavy atom. The molecule has 0 saturated carbocycles. The van der Waals surface area contributed by atoms with Crippen molar-refractivity contribution in [2.45, 2.75) is 26.7 Å². The van der Waals surface area contributed by atoms with E-state index < -0.39 is 0 Å². The number of nitrogens with zero attached hydrogens (tertiary/aromatic N) is 2. The molecule has 0 aromatic carbocycles. The predicted molar refractivity (Wildman–Crippen MR) is 76.4 cm³/mol. The van der Waals surface area contributed by atoms with Crippen molar-refractivity contribution in [3.63, 3.8) is 0 Å². The highest BCUT2D eigenvalue weighted by Gasteiger charge is 2.12. The van der Waals surface area contributed by atoms with Gasteiger partial charge in [0.1, 0.15) is 11.6 Å². The second kappa shape index (κ2) is 7.40. The molecule has 5 heteroatoms. The molecular weight excluding hydrogens is 240 g/mol. The molecule has 1 saturated heterocycles. The van der Waals surface area contributed by atoms with Gasteiger partial charge in [-0.2, -0.15) is 0 Å². The van der Waals surface area contributed by atoms with Crippen molar-refractivity contribution in [2.75, 3.05) is 38.2 Å². The highest BCUT2D eigenvalue weighted by atomic mass is 16.5. The number of aryl methyl sites for hydroxylation is 2. The minimum Gasteiger partial charge on any atom is -0.380 e. The highest BCUT2D eigenvalue weighted by Crippen LogP contribution is 2.10. The first-order valence-electron chi connectivity index (χ1n) is 7.15. The Labute approximate surface area is 115 Å². The van der Waals surface area contributed by atoms with Crippen LogP contribution in [-0.2, 0) is 11.2 Å². The zero-order valence-electron chi connectivity index (χ0n) is 11.9. The Morgan fingerprint density at radius 2 is 2.37 bits per heavy atom. The van der Waals surface area contributed by atoms with Gasteiger partial charge in [-0.05, 0) is 13.3 Å². The third-order valence-corrected chi connectivity index (χ3v) is 3.18. The topological polar surface area (TPSA) is 59.1 Å². The Balaban J connectivity index is 1.90. The minimum atomic E-state index is 0.493. The Hall–Kier alpha value is -1.20. The summed E-state index contributed by atoms with van der Waals surface area (Å²) in [6.07, 6.45) is 2.11. The van der Waals surface area contributed by atoms with E-state index in [0.717, 1.165) is 63.0 Å². The van der Waals surface area contributed by atoms with Gasteiger partial charge in [-0.25, -0.2) is 9.97 Å². The Morgan fingerprint density at radius 3 is 3.21 bits per heavy atom. The van der Waals surface area contributed by atoms with E-state index in [1.54, 1.807) is 0 Å². The Kier molecular flexibility index (Phi) is 5.54. The maximum atomic E-state index is 5.55. The molecule has 0 amide bonds. The molecular formula is C14H24N4O. The summed E-state index contributed by atoms with van der Waals surface area (Å²) < 4.78 is 5.55. The molecule has 5 nitrogen and oxygen atoms in total. The molecule has 2 heterocycles.